The van der Waals surface area contributed by atoms with Crippen molar-refractivity contribution >= 4 is 17.6 Å². The molecule has 8 nitrogen and oxygen atoms in total. The van der Waals surface area contributed by atoms with Crippen molar-refractivity contribution in [3.63, 3.8) is 0 Å². The number of rotatable bonds is 6. The summed E-state index contributed by atoms with van der Waals surface area (Å²) in [5.41, 5.74) is 1.78. The van der Waals surface area contributed by atoms with Gasteiger partial charge in [-0.1, -0.05) is 0 Å². The van der Waals surface area contributed by atoms with Crippen LogP contribution in [0.5, 0.6) is 5.75 Å². The van der Waals surface area contributed by atoms with E-state index in [9.17, 15) is 14.4 Å². The highest BCUT2D eigenvalue weighted by molar-refractivity contribution is 5.93. The van der Waals surface area contributed by atoms with Gasteiger partial charge in [0.2, 0.25) is 5.91 Å². The van der Waals surface area contributed by atoms with Crippen LogP contribution in [0.15, 0.2) is 59.4 Å². The summed E-state index contributed by atoms with van der Waals surface area (Å²) in [4.78, 5) is 41.1. The molecule has 0 saturated carbocycles. The minimum Gasteiger partial charge on any atom is -0.497 e. The average molecular weight is 407 g/mol. The molecule has 0 radical (unpaired) electrons. The van der Waals surface area contributed by atoms with Gasteiger partial charge < -0.3 is 14.8 Å². The summed E-state index contributed by atoms with van der Waals surface area (Å²) in [6.45, 7) is 1.51. The van der Waals surface area contributed by atoms with Gasteiger partial charge in [-0.15, -0.1) is 0 Å². The van der Waals surface area contributed by atoms with Gasteiger partial charge in [0.1, 0.15) is 18.1 Å². The molecule has 30 heavy (non-hydrogen) atoms. The summed E-state index contributed by atoms with van der Waals surface area (Å²) < 4.78 is 11.1. The highest BCUT2D eigenvalue weighted by Gasteiger charge is 2.14. The molecule has 0 atom stereocenters. The molecule has 8 heteroatoms. The molecule has 1 aromatic heterocycles. The molecule has 0 spiro atoms. The molecule has 3 aromatic rings. The average Bonchev–Trinajstić information content (AvgIpc) is 2.75. The summed E-state index contributed by atoms with van der Waals surface area (Å²) in [7, 11) is 2.86. The van der Waals surface area contributed by atoms with E-state index >= 15 is 0 Å². The van der Waals surface area contributed by atoms with Crippen molar-refractivity contribution in [2.75, 3.05) is 19.5 Å². The number of ether oxygens (including phenoxy) is 2. The van der Waals surface area contributed by atoms with Crippen molar-refractivity contribution < 1.29 is 19.1 Å². The third-order valence-corrected chi connectivity index (χ3v) is 4.38. The lowest BCUT2D eigenvalue weighted by Gasteiger charge is -2.13. The summed E-state index contributed by atoms with van der Waals surface area (Å²) in [6, 6.07) is 14.7. The SMILES string of the molecule is COC(=O)c1ccc(NC(=O)Cn2c(-c3ccc(OC)cc3)nc(C)cc2=O)cc1. The Morgan fingerprint density at radius 3 is 2.30 bits per heavy atom. The van der Waals surface area contributed by atoms with E-state index in [1.165, 1.54) is 17.7 Å². The summed E-state index contributed by atoms with van der Waals surface area (Å²) in [6.07, 6.45) is 0. The number of hydrogen-bond acceptors (Lipinski definition) is 6. The summed E-state index contributed by atoms with van der Waals surface area (Å²) in [5, 5.41) is 2.71. The molecule has 154 valence electrons. The lowest BCUT2D eigenvalue weighted by atomic mass is 10.2. The molecule has 1 heterocycles. The third-order valence-electron chi connectivity index (χ3n) is 4.38. The van der Waals surface area contributed by atoms with Crippen LogP contribution in [0.25, 0.3) is 11.4 Å². The lowest BCUT2D eigenvalue weighted by Crippen LogP contribution is -2.29. The van der Waals surface area contributed by atoms with Crippen LogP contribution in [-0.2, 0) is 16.1 Å². The highest BCUT2D eigenvalue weighted by Crippen LogP contribution is 2.20. The second kappa shape index (κ2) is 9.04. The van der Waals surface area contributed by atoms with E-state index in [1.807, 2.05) is 0 Å². The normalized spacial score (nSPS) is 10.4. The van der Waals surface area contributed by atoms with E-state index in [2.05, 4.69) is 15.0 Å². The number of methoxy groups -OCH3 is 2. The number of aryl methyl sites for hydroxylation is 1. The van der Waals surface area contributed by atoms with Crippen LogP contribution in [0.1, 0.15) is 16.1 Å². The van der Waals surface area contributed by atoms with Crippen LogP contribution in [-0.4, -0.2) is 35.6 Å². The molecule has 0 unspecified atom stereocenters. The number of carbonyl (C=O) groups is 2. The molecule has 0 saturated heterocycles. The number of amides is 1. The van der Waals surface area contributed by atoms with Gasteiger partial charge in [0.05, 0.1) is 19.8 Å². The van der Waals surface area contributed by atoms with Gasteiger partial charge in [0, 0.05) is 23.0 Å². The third kappa shape index (κ3) is 4.72. The van der Waals surface area contributed by atoms with Gasteiger partial charge in [-0.3, -0.25) is 14.2 Å². The number of esters is 1. The van der Waals surface area contributed by atoms with E-state index in [0.29, 0.717) is 34.1 Å². The second-order valence-corrected chi connectivity index (χ2v) is 6.49. The second-order valence-electron chi connectivity index (χ2n) is 6.49. The Labute approximate surface area is 173 Å². The topological polar surface area (TPSA) is 99.5 Å². The quantitative estimate of drug-likeness (QED) is 0.631. The summed E-state index contributed by atoms with van der Waals surface area (Å²) >= 11 is 0. The first-order valence-electron chi connectivity index (χ1n) is 9.12. The Balaban J connectivity index is 1.84. The lowest BCUT2D eigenvalue weighted by molar-refractivity contribution is -0.116. The number of hydrogen-bond donors (Lipinski definition) is 1. The highest BCUT2D eigenvalue weighted by atomic mass is 16.5. The first-order valence-corrected chi connectivity index (χ1v) is 9.12. The van der Waals surface area contributed by atoms with E-state index in [-0.39, 0.29) is 12.1 Å². The van der Waals surface area contributed by atoms with E-state index < -0.39 is 11.9 Å². The van der Waals surface area contributed by atoms with Crippen LogP contribution in [0.3, 0.4) is 0 Å². The maximum atomic E-state index is 12.6. The molecule has 1 N–H and O–H groups in total. The van der Waals surface area contributed by atoms with Gasteiger partial charge in [0.25, 0.3) is 5.56 Å². The fourth-order valence-electron chi connectivity index (χ4n) is 2.89. The van der Waals surface area contributed by atoms with Crippen molar-refractivity contribution in [2.45, 2.75) is 13.5 Å². The molecular formula is C22H21N3O5. The van der Waals surface area contributed by atoms with Gasteiger partial charge >= 0.3 is 5.97 Å². The summed E-state index contributed by atoms with van der Waals surface area (Å²) in [5.74, 6) is 0.199. The maximum absolute atomic E-state index is 12.6. The standard InChI is InChI=1S/C22H21N3O5/c1-14-12-20(27)25(21(23-14)15-6-10-18(29-2)11-7-15)13-19(26)24-17-8-4-16(5-9-17)22(28)30-3/h4-12H,13H2,1-3H3,(H,24,26). The van der Waals surface area contributed by atoms with Gasteiger partial charge in [-0.25, -0.2) is 9.78 Å². The molecule has 1 amide bonds. The van der Waals surface area contributed by atoms with Gasteiger partial charge in [-0.2, -0.15) is 0 Å². The van der Waals surface area contributed by atoms with Crippen molar-refractivity contribution in [3.05, 3.63) is 76.2 Å². The van der Waals surface area contributed by atoms with Crippen LogP contribution >= 0.6 is 0 Å². The molecular weight excluding hydrogens is 386 g/mol. The Bertz CT molecular complexity index is 1120. The van der Waals surface area contributed by atoms with E-state index in [0.717, 1.165) is 0 Å². The van der Waals surface area contributed by atoms with E-state index in [1.54, 1.807) is 62.6 Å². The maximum Gasteiger partial charge on any atom is 0.337 e. The Kier molecular flexibility index (Phi) is 6.26. The largest absolute Gasteiger partial charge is 0.497 e. The van der Waals surface area contributed by atoms with Crippen molar-refractivity contribution in [1.82, 2.24) is 9.55 Å². The zero-order valence-corrected chi connectivity index (χ0v) is 16.8. The predicted molar refractivity (Wildman–Crippen MR) is 112 cm³/mol. The molecule has 0 aliphatic carbocycles. The van der Waals surface area contributed by atoms with Crippen LogP contribution in [0.4, 0.5) is 5.69 Å². The van der Waals surface area contributed by atoms with Crippen LogP contribution in [0, 0.1) is 6.92 Å². The zero-order chi connectivity index (χ0) is 21.7. The van der Waals surface area contributed by atoms with Gasteiger partial charge in [0.15, 0.2) is 0 Å². The monoisotopic (exact) mass is 407 g/mol. The van der Waals surface area contributed by atoms with E-state index in [4.69, 9.17) is 4.74 Å². The zero-order valence-electron chi connectivity index (χ0n) is 16.8. The number of nitrogens with zero attached hydrogens (tertiary/aromatic N) is 2. The Hall–Kier alpha value is -3.94. The fraction of sp³-hybridized carbons (Fsp3) is 0.182. The molecule has 3 rings (SSSR count). The number of aromatic nitrogens is 2. The first-order chi connectivity index (χ1) is 14.4. The molecule has 0 fully saturated rings. The van der Waals surface area contributed by atoms with Crippen LogP contribution < -0.4 is 15.6 Å². The molecule has 2 aromatic carbocycles. The minimum absolute atomic E-state index is 0.216. The smallest absolute Gasteiger partial charge is 0.337 e. The van der Waals surface area contributed by atoms with Crippen molar-refractivity contribution in [3.8, 4) is 17.1 Å². The molecule has 0 aliphatic heterocycles. The van der Waals surface area contributed by atoms with Crippen molar-refractivity contribution in [2.24, 2.45) is 0 Å². The molecule has 0 bridgehead atoms. The predicted octanol–water partition coefficient (Wildman–Crippen LogP) is 2.65. The Morgan fingerprint density at radius 2 is 1.70 bits per heavy atom. The van der Waals surface area contributed by atoms with Gasteiger partial charge in [-0.05, 0) is 55.5 Å². The number of nitrogens with one attached hydrogen (secondary N) is 1. The van der Waals surface area contributed by atoms with Crippen molar-refractivity contribution in [1.29, 1.82) is 0 Å². The number of anilines is 1. The first kappa shape index (κ1) is 20.8. The number of benzene rings is 2. The molecule has 0 aliphatic rings. The Morgan fingerprint density at radius 1 is 1.03 bits per heavy atom. The number of carbonyl (C=O) groups excluding carboxylic acids is 2. The minimum atomic E-state index is -0.464. The fourth-order valence-corrected chi connectivity index (χ4v) is 2.89. The van der Waals surface area contributed by atoms with Crippen LogP contribution in [0.2, 0.25) is 0 Å².